The van der Waals surface area contributed by atoms with Crippen LogP contribution < -0.4 is 5.32 Å². The van der Waals surface area contributed by atoms with Gasteiger partial charge in [0.05, 0.1) is 12.7 Å². The Morgan fingerprint density at radius 1 is 1.50 bits per heavy atom. The number of methoxy groups -OCH3 is 1. The fraction of sp³-hybridized carbons (Fsp3) is 0.200. The summed E-state index contributed by atoms with van der Waals surface area (Å²) in [6.45, 7) is 0. The predicted molar refractivity (Wildman–Crippen MR) is 52.7 cm³/mol. The summed E-state index contributed by atoms with van der Waals surface area (Å²) in [4.78, 5) is 21.9. The minimum atomic E-state index is -0.510. The first kappa shape index (κ1) is 10.2. The summed E-state index contributed by atoms with van der Waals surface area (Å²) in [6, 6.07) is 4.87. The minimum Gasteiger partial charge on any atom is -0.465 e. The molecule has 0 unspecified atom stereocenters. The number of carbonyl (C=O) groups excluding carboxylic acids is 2. The molecule has 0 heterocycles. The number of aldehydes is 1. The number of hydrogen-bond acceptors (Lipinski definition) is 4. The van der Waals surface area contributed by atoms with Crippen LogP contribution in [-0.4, -0.2) is 26.4 Å². The number of nitrogens with one attached hydrogen (secondary N) is 1. The Bertz CT molecular complexity index is 360. The van der Waals surface area contributed by atoms with Crippen LogP contribution in [0.2, 0.25) is 0 Å². The van der Waals surface area contributed by atoms with Gasteiger partial charge in [-0.2, -0.15) is 0 Å². The lowest BCUT2D eigenvalue weighted by molar-refractivity contribution is 0.0598. The standard InChI is InChI=1S/C10H11NO3/c1-11-8-4-3-7(6-12)9(5-8)10(13)14-2/h3-6,11H,1-2H3. The third-order valence-electron chi connectivity index (χ3n) is 1.87. The molecule has 1 aromatic carbocycles. The predicted octanol–water partition coefficient (Wildman–Crippen LogP) is 1.33. The molecule has 1 N–H and O–H groups in total. The summed E-state index contributed by atoms with van der Waals surface area (Å²) in [7, 11) is 3.01. The van der Waals surface area contributed by atoms with Gasteiger partial charge in [0.15, 0.2) is 6.29 Å². The Kier molecular flexibility index (Phi) is 3.23. The van der Waals surface area contributed by atoms with Gasteiger partial charge in [-0.25, -0.2) is 4.79 Å². The molecule has 1 aromatic rings. The molecule has 14 heavy (non-hydrogen) atoms. The van der Waals surface area contributed by atoms with E-state index in [0.717, 1.165) is 5.69 Å². The van der Waals surface area contributed by atoms with Gasteiger partial charge in [-0.1, -0.05) is 0 Å². The van der Waals surface area contributed by atoms with Gasteiger partial charge < -0.3 is 10.1 Å². The summed E-state index contributed by atoms with van der Waals surface area (Å²) in [5.74, 6) is -0.510. The van der Waals surface area contributed by atoms with Crippen molar-refractivity contribution >= 4 is 17.9 Å². The first-order chi connectivity index (χ1) is 6.72. The fourth-order valence-electron chi connectivity index (χ4n) is 1.10. The molecule has 4 nitrogen and oxygen atoms in total. The van der Waals surface area contributed by atoms with Gasteiger partial charge in [-0.3, -0.25) is 4.79 Å². The van der Waals surface area contributed by atoms with E-state index in [2.05, 4.69) is 10.1 Å². The van der Waals surface area contributed by atoms with E-state index in [4.69, 9.17) is 0 Å². The number of carbonyl (C=O) groups is 2. The van der Waals surface area contributed by atoms with Crippen LogP contribution in [-0.2, 0) is 4.74 Å². The summed E-state index contributed by atoms with van der Waals surface area (Å²) in [5.41, 5.74) is 1.36. The summed E-state index contributed by atoms with van der Waals surface area (Å²) < 4.78 is 4.55. The second-order valence-electron chi connectivity index (χ2n) is 2.66. The van der Waals surface area contributed by atoms with Gasteiger partial charge in [-0.15, -0.1) is 0 Å². The van der Waals surface area contributed by atoms with Crippen molar-refractivity contribution in [2.45, 2.75) is 0 Å². The zero-order chi connectivity index (χ0) is 10.6. The molecule has 4 heteroatoms. The lowest BCUT2D eigenvalue weighted by Crippen LogP contribution is -2.06. The average molecular weight is 193 g/mol. The molecule has 0 spiro atoms. The minimum absolute atomic E-state index is 0.273. The number of anilines is 1. The molecule has 0 fully saturated rings. The van der Waals surface area contributed by atoms with Crippen molar-refractivity contribution in [2.24, 2.45) is 0 Å². The van der Waals surface area contributed by atoms with Crippen molar-refractivity contribution in [1.29, 1.82) is 0 Å². The van der Waals surface area contributed by atoms with Crippen molar-refractivity contribution in [3.8, 4) is 0 Å². The van der Waals surface area contributed by atoms with Crippen LogP contribution in [0.1, 0.15) is 20.7 Å². The SMILES string of the molecule is CNc1ccc(C=O)c(C(=O)OC)c1. The Balaban J connectivity index is 3.21. The third kappa shape index (κ3) is 1.90. The molecule has 0 aliphatic carbocycles. The van der Waals surface area contributed by atoms with Gasteiger partial charge in [-0.05, 0) is 18.2 Å². The molecular weight excluding hydrogens is 182 g/mol. The Morgan fingerprint density at radius 3 is 2.71 bits per heavy atom. The molecular formula is C10H11NO3. The Morgan fingerprint density at radius 2 is 2.21 bits per heavy atom. The molecule has 0 bridgehead atoms. The lowest BCUT2D eigenvalue weighted by atomic mass is 10.1. The van der Waals surface area contributed by atoms with E-state index in [9.17, 15) is 9.59 Å². The highest BCUT2D eigenvalue weighted by Crippen LogP contribution is 2.14. The van der Waals surface area contributed by atoms with Gasteiger partial charge >= 0.3 is 5.97 Å². The van der Waals surface area contributed by atoms with Crippen molar-refractivity contribution in [3.63, 3.8) is 0 Å². The van der Waals surface area contributed by atoms with Crippen LogP contribution >= 0.6 is 0 Å². The third-order valence-corrected chi connectivity index (χ3v) is 1.87. The molecule has 0 aromatic heterocycles. The van der Waals surface area contributed by atoms with E-state index >= 15 is 0 Å². The zero-order valence-electron chi connectivity index (χ0n) is 8.03. The van der Waals surface area contributed by atoms with Crippen LogP contribution in [0.5, 0.6) is 0 Å². The molecule has 0 saturated heterocycles. The fourth-order valence-corrected chi connectivity index (χ4v) is 1.10. The van der Waals surface area contributed by atoms with E-state index in [1.165, 1.54) is 7.11 Å². The van der Waals surface area contributed by atoms with Gasteiger partial charge in [0, 0.05) is 18.3 Å². The molecule has 0 saturated carbocycles. The Hall–Kier alpha value is -1.84. The van der Waals surface area contributed by atoms with Gasteiger partial charge in [0.2, 0.25) is 0 Å². The van der Waals surface area contributed by atoms with Crippen molar-refractivity contribution in [1.82, 2.24) is 0 Å². The van der Waals surface area contributed by atoms with Crippen LogP contribution in [0.3, 0.4) is 0 Å². The molecule has 0 atom stereocenters. The second-order valence-corrected chi connectivity index (χ2v) is 2.66. The summed E-state index contributed by atoms with van der Waals surface area (Å²) in [5, 5.41) is 2.87. The van der Waals surface area contributed by atoms with E-state index in [-0.39, 0.29) is 5.56 Å². The molecule has 0 aliphatic rings. The average Bonchev–Trinajstić information content (AvgIpc) is 2.27. The number of benzene rings is 1. The topological polar surface area (TPSA) is 55.4 Å². The van der Waals surface area contributed by atoms with Crippen LogP contribution in [0.4, 0.5) is 5.69 Å². The Labute approximate surface area is 81.9 Å². The quantitative estimate of drug-likeness (QED) is 0.581. The monoisotopic (exact) mass is 193 g/mol. The highest BCUT2D eigenvalue weighted by molar-refractivity contribution is 5.99. The highest BCUT2D eigenvalue weighted by atomic mass is 16.5. The van der Waals surface area contributed by atoms with E-state index < -0.39 is 5.97 Å². The molecule has 0 amide bonds. The maximum Gasteiger partial charge on any atom is 0.338 e. The maximum absolute atomic E-state index is 11.3. The normalized spacial score (nSPS) is 9.29. The molecule has 0 radical (unpaired) electrons. The van der Waals surface area contributed by atoms with Gasteiger partial charge in [0.1, 0.15) is 0 Å². The van der Waals surface area contributed by atoms with Crippen molar-refractivity contribution in [2.75, 3.05) is 19.5 Å². The number of esters is 1. The highest BCUT2D eigenvalue weighted by Gasteiger charge is 2.11. The lowest BCUT2D eigenvalue weighted by Gasteiger charge is -2.05. The smallest absolute Gasteiger partial charge is 0.338 e. The first-order valence-electron chi connectivity index (χ1n) is 4.08. The summed E-state index contributed by atoms with van der Waals surface area (Å²) in [6.07, 6.45) is 0.631. The van der Waals surface area contributed by atoms with Crippen LogP contribution in [0.25, 0.3) is 0 Å². The largest absolute Gasteiger partial charge is 0.465 e. The van der Waals surface area contributed by atoms with E-state index in [1.54, 1.807) is 25.2 Å². The number of ether oxygens (including phenoxy) is 1. The zero-order valence-corrected chi connectivity index (χ0v) is 8.03. The van der Waals surface area contributed by atoms with E-state index in [1.807, 2.05) is 0 Å². The molecule has 74 valence electrons. The number of hydrogen-bond donors (Lipinski definition) is 1. The van der Waals surface area contributed by atoms with Crippen molar-refractivity contribution < 1.29 is 14.3 Å². The second kappa shape index (κ2) is 4.41. The van der Waals surface area contributed by atoms with Crippen LogP contribution in [0.15, 0.2) is 18.2 Å². The maximum atomic E-state index is 11.3. The summed E-state index contributed by atoms with van der Waals surface area (Å²) >= 11 is 0. The number of rotatable bonds is 3. The molecule has 1 rings (SSSR count). The van der Waals surface area contributed by atoms with Crippen LogP contribution in [0, 0.1) is 0 Å². The van der Waals surface area contributed by atoms with E-state index in [0.29, 0.717) is 11.8 Å². The van der Waals surface area contributed by atoms with Crippen molar-refractivity contribution in [3.05, 3.63) is 29.3 Å². The molecule has 0 aliphatic heterocycles. The first-order valence-corrected chi connectivity index (χ1v) is 4.08. The van der Waals surface area contributed by atoms with Gasteiger partial charge in [0.25, 0.3) is 0 Å².